The molecule has 0 spiro atoms. The summed E-state index contributed by atoms with van der Waals surface area (Å²) in [4.78, 5) is 37.2. The molecule has 390 valence electrons. The molecule has 0 aromatic heterocycles. The standard InChI is InChI=1S/C59H101NO8/c1-6-8-10-12-14-16-18-20-22-24-25-26-27-28-29-30-31-32-33-34-36-38-40-42-44-46-48-50-57(62)68-55(54-67-59(58(63)64)65-52-51-60(3,4)5)53-66-56(61)49-47-45-43-41-39-37-35-23-21-19-17-15-13-11-9-7-2/h8,10,14,16,20,22-23,25-26,28-29,31-32,35,55,59H,6-7,9,11-13,15,17-19,21,24,27,30,33-34,36-54H2,1-5H3/b10-8-,16-14-,22-20-,26-25-,29-28-,32-31-,35-23-. The van der Waals surface area contributed by atoms with E-state index in [9.17, 15) is 19.5 Å². The zero-order valence-electron chi connectivity index (χ0n) is 44.2. The lowest BCUT2D eigenvalue weighted by Crippen LogP contribution is -2.44. The average Bonchev–Trinajstić information content (AvgIpc) is 3.30. The SMILES string of the molecule is CC/C=C\C/C=C\C/C=C\C/C=C\C/C=C\C/C=C\CCCCCCCCCCC(=O)OC(COC(=O)CCCCCCC/C=C\CCCCCCCCC)COC(OCC[N+](C)(C)C)C(=O)[O-]. The van der Waals surface area contributed by atoms with Gasteiger partial charge in [-0.15, -0.1) is 0 Å². The van der Waals surface area contributed by atoms with E-state index < -0.39 is 24.3 Å². The molecule has 0 aliphatic carbocycles. The predicted molar refractivity (Wildman–Crippen MR) is 283 cm³/mol. The van der Waals surface area contributed by atoms with Crippen molar-refractivity contribution in [1.29, 1.82) is 0 Å². The minimum absolute atomic E-state index is 0.141. The fourth-order valence-electron chi connectivity index (χ4n) is 7.18. The number of carbonyl (C=O) groups excluding carboxylic acids is 3. The summed E-state index contributed by atoms with van der Waals surface area (Å²) in [5.41, 5.74) is 0. The van der Waals surface area contributed by atoms with Crippen LogP contribution in [-0.4, -0.2) is 82.3 Å². The molecule has 0 rings (SSSR count). The summed E-state index contributed by atoms with van der Waals surface area (Å²) in [6.45, 7) is 4.60. The molecule has 0 bridgehead atoms. The summed E-state index contributed by atoms with van der Waals surface area (Å²) in [6, 6.07) is 0. The van der Waals surface area contributed by atoms with Gasteiger partial charge in [0.2, 0.25) is 0 Å². The van der Waals surface area contributed by atoms with Crippen molar-refractivity contribution in [2.75, 3.05) is 47.5 Å². The number of esters is 2. The number of allylic oxidation sites excluding steroid dienone is 14. The Morgan fingerprint density at radius 1 is 0.456 bits per heavy atom. The zero-order chi connectivity index (χ0) is 49.9. The maximum Gasteiger partial charge on any atom is 0.306 e. The number of ether oxygens (including phenoxy) is 4. The minimum Gasteiger partial charge on any atom is -0.545 e. The predicted octanol–water partition coefficient (Wildman–Crippen LogP) is 14.3. The van der Waals surface area contributed by atoms with Gasteiger partial charge in [0.1, 0.15) is 13.2 Å². The van der Waals surface area contributed by atoms with Crippen molar-refractivity contribution in [3.8, 4) is 0 Å². The van der Waals surface area contributed by atoms with Crippen LogP contribution < -0.4 is 5.11 Å². The quantitative estimate of drug-likeness (QED) is 0.0195. The number of rotatable bonds is 49. The number of carbonyl (C=O) groups is 3. The Morgan fingerprint density at radius 2 is 0.838 bits per heavy atom. The third kappa shape index (κ3) is 50.3. The highest BCUT2D eigenvalue weighted by Gasteiger charge is 2.22. The van der Waals surface area contributed by atoms with Crippen LogP contribution in [0.2, 0.25) is 0 Å². The first-order chi connectivity index (χ1) is 33.1. The van der Waals surface area contributed by atoms with Crippen molar-refractivity contribution in [2.45, 2.75) is 225 Å². The molecule has 0 aliphatic rings. The van der Waals surface area contributed by atoms with Crippen LogP contribution in [0.5, 0.6) is 0 Å². The van der Waals surface area contributed by atoms with Crippen molar-refractivity contribution >= 4 is 17.9 Å². The van der Waals surface area contributed by atoms with E-state index in [1.165, 1.54) is 77.0 Å². The van der Waals surface area contributed by atoms with Gasteiger partial charge in [-0.25, -0.2) is 0 Å². The number of hydrogen-bond acceptors (Lipinski definition) is 8. The van der Waals surface area contributed by atoms with E-state index in [1.807, 2.05) is 21.1 Å². The second-order valence-corrected chi connectivity index (χ2v) is 19.1. The van der Waals surface area contributed by atoms with E-state index in [0.717, 1.165) is 103 Å². The molecule has 0 fully saturated rings. The summed E-state index contributed by atoms with van der Waals surface area (Å²) in [5.74, 6) is -2.31. The van der Waals surface area contributed by atoms with Crippen LogP contribution >= 0.6 is 0 Å². The minimum atomic E-state index is -1.63. The van der Waals surface area contributed by atoms with Crippen LogP contribution in [0, 0.1) is 0 Å². The number of quaternary nitrogens is 1. The maximum atomic E-state index is 12.8. The van der Waals surface area contributed by atoms with Crippen LogP contribution in [0.15, 0.2) is 85.1 Å². The molecule has 0 aromatic carbocycles. The van der Waals surface area contributed by atoms with Crippen LogP contribution in [0.3, 0.4) is 0 Å². The first-order valence-electron chi connectivity index (χ1n) is 27.2. The maximum absolute atomic E-state index is 12.8. The van der Waals surface area contributed by atoms with Gasteiger partial charge in [0.15, 0.2) is 12.4 Å². The monoisotopic (exact) mass is 952 g/mol. The summed E-state index contributed by atoms with van der Waals surface area (Å²) >= 11 is 0. The molecule has 0 amide bonds. The Labute approximate surface area is 417 Å². The highest BCUT2D eigenvalue weighted by Crippen LogP contribution is 2.14. The number of nitrogens with zero attached hydrogens (tertiary/aromatic N) is 1. The summed E-state index contributed by atoms with van der Waals surface area (Å²) < 4.78 is 22.6. The van der Waals surface area contributed by atoms with Crippen LogP contribution in [0.1, 0.15) is 213 Å². The molecule has 2 atom stereocenters. The normalized spacial score (nSPS) is 13.5. The number of carboxylic acids is 1. The van der Waals surface area contributed by atoms with Gasteiger partial charge in [0.05, 0.1) is 40.3 Å². The Hall–Kier alpha value is -3.53. The van der Waals surface area contributed by atoms with Gasteiger partial charge in [-0.05, 0) is 89.9 Å². The Morgan fingerprint density at radius 3 is 1.26 bits per heavy atom. The van der Waals surface area contributed by atoms with E-state index in [-0.39, 0.29) is 38.6 Å². The molecular formula is C59H101NO8. The largest absolute Gasteiger partial charge is 0.545 e. The van der Waals surface area contributed by atoms with E-state index in [2.05, 4.69) is 98.9 Å². The lowest BCUT2D eigenvalue weighted by atomic mass is 10.1. The molecule has 0 heterocycles. The lowest BCUT2D eigenvalue weighted by molar-refractivity contribution is -0.870. The van der Waals surface area contributed by atoms with Crippen molar-refractivity contribution in [3.05, 3.63) is 85.1 Å². The molecule has 9 nitrogen and oxygen atoms in total. The topological polar surface area (TPSA) is 111 Å². The summed E-state index contributed by atoms with van der Waals surface area (Å²) in [7, 11) is 5.91. The molecule has 0 aliphatic heterocycles. The van der Waals surface area contributed by atoms with Gasteiger partial charge in [0, 0.05) is 12.8 Å². The van der Waals surface area contributed by atoms with Gasteiger partial charge in [0.25, 0.3) is 0 Å². The molecular weight excluding hydrogens is 851 g/mol. The first kappa shape index (κ1) is 64.5. The average molecular weight is 952 g/mol. The van der Waals surface area contributed by atoms with Gasteiger partial charge in [-0.1, -0.05) is 195 Å². The second-order valence-electron chi connectivity index (χ2n) is 19.1. The first-order valence-corrected chi connectivity index (χ1v) is 27.2. The van der Waals surface area contributed by atoms with Gasteiger partial charge in [-0.3, -0.25) is 9.59 Å². The van der Waals surface area contributed by atoms with Crippen molar-refractivity contribution in [1.82, 2.24) is 0 Å². The Bertz CT molecular complexity index is 1390. The molecule has 0 aromatic rings. The highest BCUT2D eigenvalue weighted by molar-refractivity contribution is 5.70. The smallest absolute Gasteiger partial charge is 0.306 e. The van der Waals surface area contributed by atoms with Gasteiger partial charge >= 0.3 is 11.9 Å². The number of hydrogen-bond donors (Lipinski definition) is 0. The fraction of sp³-hybridized carbons (Fsp3) is 0.712. The van der Waals surface area contributed by atoms with Crippen LogP contribution in [0.25, 0.3) is 0 Å². The molecule has 0 saturated heterocycles. The molecule has 68 heavy (non-hydrogen) atoms. The molecule has 0 radical (unpaired) electrons. The summed E-state index contributed by atoms with van der Waals surface area (Å²) in [6.07, 6.45) is 61.9. The highest BCUT2D eigenvalue weighted by atomic mass is 16.7. The molecule has 0 N–H and O–H groups in total. The fourth-order valence-corrected chi connectivity index (χ4v) is 7.18. The second kappa shape index (κ2) is 49.9. The van der Waals surface area contributed by atoms with Crippen LogP contribution in [0.4, 0.5) is 0 Å². The van der Waals surface area contributed by atoms with Crippen molar-refractivity contribution < 1.29 is 42.9 Å². The Kier molecular flexibility index (Phi) is 47.3. The van der Waals surface area contributed by atoms with Gasteiger partial charge < -0.3 is 33.3 Å². The number of likely N-dealkylation sites (N-methyl/N-ethyl adjacent to an activating group) is 1. The van der Waals surface area contributed by atoms with Crippen molar-refractivity contribution in [2.24, 2.45) is 0 Å². The third-order valence-corrected chi connectivity index (χ3v) is 11.4. The van der Waals surface area contributed by atoms with E-state index in [4.69, 9.17) is 18.9 Å². The van der Waals surface area contributed by atoms with Crippen LogP contribution in [-0.2, 0) is 33.3 Å². The molecule has 2 unspecified atom stereocenters. The van der Waals surface area contributed by atoms with E-state index in [0.29, 0.717) is 17.4 Å². The Balaban J connectivity index is 4.32. The number of unbranched alkanes of at least 4 members (excludes halogenated alkanes) is 20. The van der Waals surface area contributed by atoms with E-state index >= 15 is 0 Å². The number of carboxylic acid groups (broad SMARTS) is 1. The van der Waals surface area contributed by atoms with Crippen molar-refractivity contribution in [3.63, 3.8) is 0 Å². The molecule has 9 heteroatoms. The van der Waals surface area contributed by atoms with E-state index in [1.54, 1.807) is 0 Å². The number of aliphatic carboxylic acids is 1. The zero-order valence-corrected chi connectivity index (χ0v) is 44.2. The summed E-state index contributed by atoms with van der Waals surface area (Å²) in [5, 5.41) is 11.7. The molecule has 0 saturated carbocycles. The third-order valence-electron chi connectivity index (χ3n) is 11.4. The van der Waals surface area contributed by atoms with Gasteiger partial charge in [-0.2, -0.15) is 0 Å². The lowest BCUT2D eigenvalue weighted by Gasteiger charge is -2.26.